The smallest absolute Gasteiger partial charge is 0.254 e. The number of hydrogen-bond acceptors (Lipinski definition) is 4. The standard InChI is InChI=1S/C13H19N3O2/c1-9-7-16(8-10(2)18-9)13(17)11-4-5-15-12(6-11)14-3/h4-6,9-10H,7-8H2,1-3H3,(H,14,15)/t9-,10+. The van der Waals surface area contributed by atoms with Crippen LogP contribution in [0.3, 0.4) is 0 Å². The largest absolute Gasteiger partial charge is 0.373 e. The van der Waals surface area contributed by atoms with Gasteiger partial charge < -0.3 is 15.0 Å². The fourth-order valence-corrected chi connectivity index (χ4v) is 2.23. The Hall–Kier alpha value is -1.62. The van der Waals surface area contributed by atoms with Gasteiger partial charge in [0.05, 0.1) is 12.2 Å². The van der Waals surface area contributed by atoms with Crippen molar-refractivity contribution in [2.24, 2.45) is 0 Å². The van der Waals surface area contributed by atoms with E-state index < -0.39 is 0 Å². The quantitative estimate of drug-likeness (QED) is 0.860. The summed E-state index contributed by atoms with van der Waals surface area (Å²) in [6, 6.07) is 3.51. The molecule has 1 aliphatic heterocycles. The molecule has 0 bridgehead atoms. The van der Waals surface area contributed by atoms with E-state index in [1.807, 2.05) is 18.7 Å². The molecule has 18 heavy (non-hydrogen) atoms. The van der Waals surface area contributed by atoms with Gasteiger partial charge in [0.2, 0.25) is 0 Å². The minimum absolute atomic E-state index is 0.0379. The maximum Gasteiger partial charge on any atom is 0.254 e. The van der Waals surface area contributed by atoms with Crippen molar-refractivity contribution in [3.8, 4) is 0 Å². The molecule has 1 aromatic rings. The number of nitrogens with one attached hydrogen (secondary N) is 1. The number of carbonyl (C=O) groups excluding carboxylic acids is 1. The molecule has 1 saturated heterocycles. The van der Waals surface area contributed by atoms with Crippen molar-refractivity contribution in [1.82, 2.24) is 9.88 Å². The Morgan fingerprint density at radius 2 is 2.11 bits per heavy atom. The third-order valence-corrected chi connectivity index (χ3v) is 2.97. The second-order valence-corrected chi connectivity index (χ2v) is 4.65. The lowest BCUT2D eigenvalue weighted by Crippen LogP contribution is -2.48. The number of ether oxygens (including phenoxy) is 1. The van der Waals surface area contributed by atoms with E-state index >= 15 is 0 Å². The number of pyridine rings is 1. The number of carbonyl (C=O) groups is 1. The Morgan fingerprint density at radius 1 is 1.44 bits per heavy atom. The zero-order valence-corrected chi connectivity index (χ0v) is 11.0. The highest BCUT2D eigenvalue weighted by molar-refractivity contribution is 5.94. The first-order valence-electron chi connectivity index (χ1n) is 6.18. The monoisotopic (exact) mass is 249 g/mol. The molecule has 1 N–H and O–H groups in total. The molecule has 98 valence electrons. The van der Waals surface area contributed by atoms with Crippen molar-refractivity contribution in [1.29, 1.82) is 0 Å². The Morgan fingerprint density at radius 3 is 2.72 bits per heavy atom. The van der Waals surface area contributed by atoms with Gasteiger partial charge in [-0.25, -0.2) is 4.98 Å². The maximum atomic E-state index is 12.4. The molecule has 1 fully saturated rings. The van der Waals surface area contributed by atoms with Crippen LogP contribution in [-0.4, -0.2) is 48.1 Å². The number of aromatic nitrogens is 1. The van der Waals surface area contributed by atoms with E-state index in [2.05, 4.69) is 10.3 Å². The van der Waals surface area contributed by atoms with Crippen molar-refractivity contribution in [3.05, 3.63) is 23.9 Å². The van der Waals surface area contributed by atoms with E-state index in [1.54, 1.807) is 25.4 Å². The van der Waals surface area contributed by atoms with Crippen molar-refractivity contribution in [3.63, 3.8) is 0 Å². The molecule has 0 saturated carbocycles. The lowest BCUT2D eigenvalue weighted by atomic mass is 10.1. The zero-order valence-electron chi connectivity index (χ0n) is 11.0. The summed E-state index contributed by atoms with van der Waals surface area (Å²) >= 11 is 0. The highest BCUT2D eigenvalue weighted by atomic mass is 16.5. The Balaban J connectivity index is 2.14. The summed E-state index contributed by atoms with van der Waals surface area (Å²) in [5, 5.41) is 2.94. The molecule has 0 unspecified atom stereocenters. The molecule has 5 nitrogen and oxygen atoms in total. The fourth-order valence-electron chi connectivity index (χ4n) is 2.23. The number of rotatable bonds is 2. The van der Waals surface area contributed by atoms with Gasteiger partial charge in [-0.2, -0.15) is 0 Å². The second-order valence-electron chi connectivity index (χ2n) is 4.65. The van der Waals surface area contributed by atoms with Crippen LogP contribution < -0.4 is 5.32 Å². The molecule has 0 aliphatic carbocycles. The van der Waals surface area contributed by atoms with E-state index in [1.165, 1.54) is 0 Å². The minimum atomic E-state index is 0.0379. The van der Waals surface area contributed by atoms with Crippen molar-refractivity contribution in [2.75, 3.05) is 25.5 Å². The van der Waals surface area contributed by atoms with Crippen LogP contribution in [0, 0.1) is 0 Å². The third-order valence-electron chi connectivity index (χ3n) is 2.97. The SMILES string of the molecule is CNc1cc(C(=O)N2C[C@@H](C)O[C@@H](C)C2)ccn1. The second kappa shape index (κ2) is 5.35. The Bertz CT molecular complexity index is 426. The average molecular weight is 249 g/mol. The van der Waals surface area contributed by atoms with Gasteiger partial charge in [-0.15, -0.1) is 0 Å². The molecule has 0 aromatic carbocycles. The van der Waals surface area contributed by atoms with Gasteiger partial charge in [0.25, 0.3) is 5.91 Å². The molecule has 1 amide bonds. The van der Waals surface area contributed by atoms with Crippen LogP contribution in [0.15, 0.2) is 18.3 Å². The van der Waals surface area contributed by atoms with E-state index in [4.69, 9.17) is 4.74 Å². The van der Waals surface area contributed by atoms with E-state index in [9.17, 15) is 4.79 Å². The van der Waals surface area contributed by atoms with Crippen LogP contribution in [0.4, 0.5) is 5.82 Å². The predicted molar refractivity (Wildman–Crippen MR) is 69.7 cm³/mol. The molecule has 1 aromatic heterocycles. The third kappa shape index (κ3) is 2.79. The maximum absolute atomic E-state index is 12.4. The highest BCUT2D eigenvalue weighted by Gasteiger charge is 2.26. The van der Waals surface area contributed by atoms with Gasteiger partial charge >= 0.3 is 0 Å². The summed E-state index contributed by atoms with van der Waals surface area (Å²) in [5.41, 5.74) is 0.663. The molecule has 2 atom stereocenters. The van der Waals surface area contributed by atoms with Gasteiger partial charge in [-0.1, -0.05) is 0 Å². The first-order valence-corrected chi connectivity index (χ1v) is 6.18. The van der Waals surface area contributed by atoms with Gasteiger partial charge in [0.15, 0.2) is 0 Å². The van der Waals surface area contributed by atoms with E-state index in [0.29, 0.717) is 24.5 Å². The number of morpholine rings is 1. The van der Waals surface area contributed by atoms with E-state index in [0.717, 1.165) is 0 Å². The van der Waals surface area contributed by atoms with Crippen molar-refractivity contribution >= 4 is 11.7 Å². The Labute approximate surface area is 107 Å². The van der Waals surface area contributed by atoms with Gasteiger partial charge in [-0.05, 0) is 26.0 Å². The molecule has 0 spiro atoms. The highest BCUT2D eigenvalue weighted by Crippen LogP contribution is 2.15. The normalized spacial score (nSPS) is 23.8. The molecule has 5 heteroatoms. The van der Waals surface area contributed by atoms with Crippen LogP contribution in [0.2, 0.25) is 0 Å². The average Bonchev–Trinajstić information content (AvgIpc) is 2.37. The van der Waals surface area contributed by atoms with Crippen LogP contribution in [0.25, 0.3) is 0 Å². The van der Waals surface area contributed by atoms with Crippen LogP contribution in [-0.2, 0) is 4.74 Å². The zero-order chi connectivity index (χ0) is 13.1. The first kappa shape index (κ1) is 12.8. The fraction of sp³-hybridized carbons (Fsp3) is 0.538. The number of hydrogen-bond donors (Lipinski definition) is 1. The minimum Gasteiger partial charge on any atom is -0.373 e. The summed E-state index contributed by atoms with van der Waals surface area (Å²) in [5.74, 6) is 0.742. The summed E-state index contributed by atoms with van der Waals surface area (Å²) < 4.78 is 5.63. The van der Waals surface area contributed by atoms with Crippen LogP contribution in [0.5, 0.6) is 0 Å². The Kier molecular flexibility index (Phi) is 3.81. The number of amides is 1. The molecule has 2 rings (SSSR count). The van der Waals surface area contributed by atoms with Crippen molar-refractivity contribution in [2.45, 2.75) is 26.1 Å². The predicted octanol–water partition coefficient (Wildman–Crippen LogP) is 1.37. The van der Waals surface area contributed by atoms with Gasteiger partial charge in [0, 0.05) is 31.9 Å². The summed E-state index contributed by atoms with van der Waals surface area (Å²) in [4.78, 5) is 18.3. The molecule has 0 radical (unpaired) electrons. The van der Waals surface area contributed by atoms with Gasteiger partial charge in [-0.3, -0.25) is 4.79 Å². The van der Waals surface area contributed by atoms with Crippen LogP contribution >= 0.6 is 0 Å². The van der Waals surface area contributed by atoms with Crippen LogP contribution in [0.1, 0.15) is 24.2 Å². The number of nitrogens with zero attached hydrogens (tertiary/aromatic N) is 2. The lowest BCUT2D eigenvalue weighted by Gasteiger charge is -2.35. The molecule has 2 heterocycles. The van der Waals surface area contributed by atoms with Crippen molar-refractivity contribution < 1.29 is 9.53 Å². The summed E-state index contributed by atoms with van der Waals surface area (Å²) in [6.45, 7) is 5.25. The summed E-state index contributed by atoms with van der Waals surface area (Å²) in [6.07, 6.45) is 1.82. The lowest BCUT2D eigenvalue weighted by molar-refractivity contribution is -0.0586. The van der Waals surface area contributed by atoms with Gasteiger partial charge in [0.1, 0.15) is 5.82 Å². The first-order chi connectivity index (χ1) is 8.60. The molecule has 1 aliphatic rings. The summed E-state index contributed by atoms with van der Waals surface area (Å²) in [7, 11) is 1.79. The molecular formula is C13H19N3O2. The topological polar surface area (TPSA) is 54.5 Å². The molecular weight excluding hydrogens is 230 g/mol. The van der Waals surface area contributed by atoms with E-state index in [-0.39, 0.29) is 18.1 Å². The number of anilines is 1.